The summed E-state index contributed by atoms with van der Waals surface area (Å²) in [5, 5.41) is 59.5. The monoisotopic (exact) mass is 752 g/mol. The number of aromatic amines is 1. The van der Waals surface area contributed by atoms with Crippen molar-refractivity contribution >= 4 is 34.7 Å². The molecule has 17 heteroatoms. The van der Waals surface area contributed by atoms with Crippen LogP contribution in [0.3, 0.4) is 0 Å². The summed E-state index contributed by atoms with van der Waals surface area (Å²) in [6, 6.07) is 6.92. The molecule has 3 amide bonds. The predicted molar refractivity (Wildman–Crippen MR) is 192 cm³/mol. The number of nitrogens with one attached hydrogen (secondary N) is 3. The third-order valence-corrected chi connectivity index (χ3v) is 11.0. The number of phenolic OH excluding ortho intramolecular Hbond substituents is 1. The molecule has 0 aliphatic carbocycles. The number of aliphatic carboxylic acids is 1. The summed E-state index contributed by atoms with van der Waals surface area (Å²) in [5.41, 5.74) is 0.489. The molecule has 54 heavy (non-hydrogen) atoms. The Balaban J connectivity index is 1.16. The molecular formula is C37H48N6O11. The van der Waals surface area contributed by atoms with Crippen LogP contribution in [0.15, 0.2) is 36.7 Å². The number of carboxylic acid groups (broad SMARTS) is 1. The number of fused-ring (bicyclic) bond motifs is 1. The summed E-state index contributed by atoms with van der Waals surface area (Å²) in [6.45, 7) is 6.06. The number of rotatable bonds is 11. The van der Waals surface area contributed by atoms with Crippen LogP contribution in [0.4, 0.5) is 0 Å². The van der Waals surface area contributed by atoms with Crippen molar-refractivity contribution in [1.29, 1.82) is 0 Å². The molecule has 0 saturated carbocycles. The van der Waals surface area contributed by atoms with E-state index in [9.17, 15) is 44.7 Å². The molecule has 7 atom stereocenters. The van der Waals surface area contributed by atoms with Gasteiger partial charge in [-0.2, -0.15) is 0 Å². The first-order chi connectivity index (χ1) is 25.6. The molecule has 17 nitrogen and oxygen atoms in total. The number of aromatic nitrogens is 2. The second-order valence-electron chi connectivity index (χ2n) is 14.7. The van der Waals surface area contributed by atoms with Crippen molar-refractivity contribution in [2.45, 2.75) is 81.6 Å². The molecule has 3 saturated heterocycles. The Bertz CT molecular complexity index is 1880. The highest BCUT2D eigenvalue weighted by Crippen LogP contribution is 2.38. The van der Waals surface area contributed by atoms with Gasteiger partial charge in [0, 0.05) is 63.6 Å². The Morgan fingerprint density at radius 2 is 1.83 bits per heavy atom. The largest absolute Gasteiger partial charge is 0.507 e. The highest BCUT2D eigenvalue weighted by atomic mass is 16.6. The molecule has 3 aromatic rings. The molecule has 0 bridgehead atoms. The van der Waals surface area contributed by atoms with Gasteiger partial charge in [-0.15, -0.1) is 0 Å². The molecule has 0 unspecified atom stereocenters. The van der Waals surface area contributed by atoms with E-state index in [1.54, 1.807) is 43.3 Å². The van der Waals surface area contributed by atoms with Crippen LogP contribution >= 0.6 is 0 Å². The zero-order chi connectivity index (χ0) is 38.9. The van der Waals surface area contributed by atoms with Crippen molar-refractivity contribution in [3.05, 3.63) is 58.9 Å². The molecule has 292 valence electrons. The third kappa shape index (κ3) is 7.78. The van der Waals surface area contributed by atoms with Crippen molar-refractivity contribution in [3.63, 3.8) is 0 Å². The van der Waals surface area contributed by atoms with Gasteiger partial charge in [-0.25, -0.2) is 9.78 Å². The standard InChI is InChI=1S/C37H48N6O11/c1-20-12-24(13-21(2)30(20)47)33(49)38-16-28(46)31(48)32-29(41-22(3)44)27(45)15-37(54-32,35(51)52)7-9-43-10-11-53-18-36(43)6-8-42(17-36)34(50)23-4-5-25-26(14-23)40-19-39-25/h4-5,12-14,19,27-29,31-32,45-48H,6-11,15-18H2,1-3H3,(H,38,49)(H,39,40)(H,41,44)(H,51,52)/t27-,28+,29+,31+,32+,36-,37+/m0/s1. The number of aryl methyl sites for hydroxylation is 2. The fourth-order valence-corrected chi connectivity index (χ4v) is 7.98. The lowest BCUT2D eigenvalue weighted by atomic mass is 9.81. The zero-order valence-electron chi connectivity index (χ0n) is 30.4. The van der Waals surface area contributed by atoms with Crippen LogP contribution in [-0.2, 0) is 19.1 Å². The van der Waals surface area contributed by atoms with Gasteiger partial charge in [-0.1, -0.05) is 0 Å². The summed E-state index contributed by atoms with van der Waals surface area (Å²) in [4.78, 5) is 62.8. The van der Waals surface area contributed by atoms with Crippen molar-refractivity contribution in [3.8, 4) is 5.75 Å². The first-order valence-corrected chi connectivity index (χ1v) is 18.0. The van der Waals surface area contributed by atoms with Gasteiger partial charge in [0.25, 0.3) is 11.8 Å². The Labute approximate surface area is 311 Å². The maximum Gasteiger partial charge on any atom is 0.336 e. The average molecular weight is 753 g/mol. The maximum absolute atomic E-state index is 13.6. The van der Waals surface area contributed by atoms with Gasteiger partial charge in [-0.05, 0) is 61.7 Å². The third-order valence-electron chi connectivity index (χ3n) is 11.0. The molecular weight excluding hydrogens is 704 g/mol. The van der Waals surface area contributed by atoms with Crippen LogP contribution in [0, 0.1) is 13.8 Å². The molecule has 8 N–H and O–H groups in total. The summed E-state index contributed by atoms with van der Waals surface area (Å²) >= 11 is 0. The summed E-state index contributed by atoms with van der Waals surface area (Å²) < 4.78 is 12.1. The molecule has 0 radical (unpaired) electrons. The highest BCUT2D eigenvalue weighted by molar-refractivity contribution is 5.97. The van der Waals surface area contributed by atoms with Crippen molar-refractivity contribution < 1.29 is 54.2 Å². The minimum atomic E-state index is -2.04. The van der Waals surface area contributed by atoms with E-state index in [0.29, 0.717) is 56.0 Å². The van der Waals surface area contributed by atoms with Crippen LogP contribution in [0.1, 0.15) is 58.0 Å². The lowest BCUT2D eigenvalue weighted by Crippen LogP contribution is -2.68. The van der Waals surface area contributed by atoms with E-state index >= 15 is 0 Å². The summed E-state index contributed by atoms with van der Waals surface area (Å²) in [7, 11) is 0. The minimum Gasteiger partial charge on any atom is -0.507 e. The molecule has 3 aliphatic heterocycles. The second kappa shape index (κ2) is 15.6. The number of carbonyl (C=O) groups excluding carboxylic acids is 3. The quantitative estimate of drug-likeness (QED) is 0.127. The van der Waals surface area contributed by atoms with Crippen molar-refractivity contribution in [1.82, 2.24) is 30.4 Å². The van der Waals surface area contributed by atoms with Crippen molar-refractivity contribution in [2.75, 3.05) is 45.9 Å². The number of H-pyrrole nitrogens is 1. The molecule has 1 aromatic heterocycles. The number of aliphatic hydroxyl groups excluding tert-OH is 3. The number of benzene rings is 2. The Kier molecular flexibility index (Phi) is 11.3. The smallest absolute Gasteiger partial charge is 0.336 e. The minimum absolute atomic E-state index is 0.0460. The van der Waals surface area contributed by atoms with E-state index < -0.39 is 72.3 Å². The van der Waals surface area contributed by atoms with Crippen LogP contribution in [0.5, 0.6) is 5.75 Å². The van der Waals surface area contributed by atoms with Crippen molar-refractivity contribution in [2.24, 2.45) is 0 Å². The Morgan fingerprint density at radius 1 is 1.09 bits per heavy atom. The number of morpholine rings is 1. The van der Waals surface area contributed by atoms with Gasteiger partial charge in [0.05, 0.1) is 54.4 Å². The first kappa shape index (κ1) is 39.1. The number of carbonyl (C=O) groups is 4. The molecule has 2 aromatic carbocycles. The lowest BCUT2D eigenvalue weighted by Gasteiger charge is -2.49. The van der Waals surface area contributed by atoms with Gasteiger partial charge >= 0.3 is 5.97 Å². The number of hydrogen-bond acceptors (Lipinski definition) is 12. The van der Waals surface area contributed by atoms with E-state index in [1.807, 2.05) is 0 Å². The number of ether oxygens (including phenoxy) is 2. The number of hydrogen-bond donors (Lipinski definition) is 8. The summed E-state index contributed by atoms with van der Waals surface area (Å²) in [5.74, 6) is -2.69. The second-order valence-corrected chi connectivity index (χ2v) is 14.7. The topological polar surface area (TPSA) is 247 Å². The number of nitrogens with zero attached hydrogens (tertiary/aromatic N) is 3. The van der Waals surface area contributed by atoms with E-state index in [4.69, 9.17) is 9.47 Å². The maximum atomic E-state index is 13.6. The lowest BCUT2D eigenvalue weighted by molar-refractivity contribution is -0.231. The van der Waals surface area contributed by atoms with Gasteiger partial charge < -0.3 is 55.5 Å². The van der Waals surface area contributed by atoms with E-state index in [2.05, 4.69) is 25.5 Å². The average Bonchev–Trinajstić information content (AvgIpc) is 3.79. The Hall–Kier alpha value is -4.65. The number of phenols is 1. The number of carboxylic acids is 1. The normalized spacial score (nSPS) is 27.1. The number of aromatic hydroxyl groups is 1. The fraction of sp³-hybridized carbons (Fsp3) is 0.541. The molecule has 3 fully saturated rings. The number of aliphatic hydroxyl groups is 3. The van der Waals surface area contributed by atoms with Crippen LogP contribution in [0.2, 0.25) is 0 Å². The van der Waals surface area contributed by atoms with Crippen LogP contribution < -0.4 is 10.6 Å². The van der Waals surface area contributed by atoms with E-state index in [0.717, 1.165) is 11.0 Å². The highest BCUT2D eigenvalue weighted by Gasteiger charge is 2.55. The van der Waals surface area contributed by atoms with Gasteiger partial charge in [0.1, 0.15) is 18.0 Å². The van der Waals surface area contributed by atoms with Crippen LogP contribution in [-0.4, -0.2) is 157 Å². The molecule has 1 spiro atoms. The first-order valence-electron chi connectivity index (χ1n) is 18.0. The zero-order valence-corrected chi connectivity index (χ0v) is 30.4. The fourth-order valence-electron chi connectivity index (χ4n) is 7.98. The van der Waals surface area contributed by atoms with Gasteiger partial charge in [0.15, 0.2) is 5.60 Å². The van der Waals surface area contributed by atoms with Gasteiger partial charge in [0.2, 0.25) is 5.91 Å². The van der Waals surface area contributed by atoms with Gasteiger partial charge in [-0.3, -0.25) is 19.3 Å². The number of likely N-dealkylation sites (tertiary alicyclic amines) is 1. The molecule has 6 rings (SSSR count). The SMILES string of the molecule is CC(=O)N[C@H]1[C@H]([C@H](O)[C@H](O)CNC(=O)c2cc(C)c(O)c(C)c2)O[C@@](CCN2CCOC[C@@]23CCN(C(=O)c2ccc4nc[nH]c4c2)C3)(C(=O)O)C[C@@H]1O. The Morgan fingerprint density at radius 3 is 2.54 bits per heavy atom. The molecule has 3 aliphatic rings. The number of imidazole rings is 1. The predicted octanol–water partition coefficient (Wildman–Crippen LogP) is -0.178. The van der Waals surface area contributed by atoms with E-state index in [1.165, 1.54) is 19.1 Å². The van der Waals surface area contributed by atoms with E-state index in [-0.39, 0.29) is 30.2 Å². The summed E-state index contributed by atoms with van der Waals surface area (Å²) in [6.07, 6.45) is -5.09. The molecule has 4 heterocycles. The number of amides is 3. The van der Waals surface area contributed by atoms with Crippen LogP contribution in [0.25, 0.3) is 11.0 Å².